The van der Waals surface area contributed by atoms with Gasteiger partial charge < -0.3 is 10.6 Å². The maximum Gasteiger partial charge on any atom is 0.0456 e. The summed E-state index contributed by atoms with van der Waals surface area (Å²) in [5, 5.41) is 0. The number of rotatable bonds is 2. The highest BCUT2D eigenvalue weighted by Crippen LogP contribution is 2.35. The fraction of sp³-hybridized carbons (Fsp3) is 0.294. The minimum Gasteiger partial charge on any atom is -0.341 e. The van der Waals surface area contributed by atoms with Crippen LogP contribution in [0.15, 0.2) is 42.5 Å². The largest absolute Gasteiger partial charge is 0.341 e. The van der Waals surface area contributed by atoms with Gasteiger partial charge in [0.25, 0.3) is 0 Å². The van der Waals surface area contributed by atoms with Gasteiger partial charge in [-0.1, -0.05) is 35.9 Å². The van der Waals surface area contributed by atoms with E-state index in [1.807, 2.05) is 0 Å². The van der Waals surface area contributed by atoms with E-state index in [1.165, 1.54) is 40.9 Å². The van der Waals surface area contributed by atoms with E-state index in [2.05, 4.69) is 54.3 Å². The Morgan fingerprint density at radius 1 is 1.11 bits per heavy atom. The highest BCUT2D eigenvalue weighted by atomic mass is 15.1. The summed E-state index contributed by atoms with van der Waals surface area (Å²) in [4.78, 5) is 2.42. The average molecular weight is 252 g/mol. The van der Waals surface area contributed by atoms with Crippen molar-refractivity contribution in [2.75, 3.05) is 11.4 Å². The lowest BCUT2D eigenvalue weighted by Gasteiger charge is -2.32. The number of nitrogens with zero attached hydrogens (tertiary/aromatic N) is 1. The lowest BCUT2D eigenvalue weighted by atomic mass is 9.99. The Morgan fingerprint density at radius 3 is 2.79 bits per heavy atom. The molecule has 1 heterocycles. The molecule has 0 amide bonds. The summed E-state index contributed by atoms with van der Waals surface area (Å²) in [6.07, 6.45) is 2.38. The number of nitrogens with two attached hydrogens (primary N) is 1. The van der Waals surface area contributed by atoms with Gasteiger partial charge >= 0.3 is 0 Å². The molecule has 19 heavy (non-hydrogen) atoms. The monoisotopic (exact) mass is 252 g/mol. The summed E-state index contributed by atoms with van der Waals surface area (Å²) >= 11 is 0. The van der Waals surface area contributed by atoms with E-state index in [-0.39, 0.29) is 0 Å². The molecule has 2 nitrogen and oxygen atoms in total. The number of anilines is 2. The molecule has 0 aromatic heterocycles. The summed E-state index contributed by atoms with van der Waals surface area (Å²) in [7, 11) is 0. The molecule has 0 bridgehead atoms. The highest BCUT2D eigenvalue weighted by Gasteiger charge is 2.19. The van der Waals surface area contributed by atoms with Crippen LogP contribution in [0.4, 0.5) is 11.4 Å². The van der Waals surface area contributed by atoms with Gasteiger partial charge in [-0.25, -0.2) is 0 Å². The average Bonchev–Trinajstić information content (AvgIpc) is 2.46. The Kier molecular flexibility index (Phi) is 3.26. The van der Waals surface area contributed by atoms with Crippen molar-refractivity contribution >= 4 is 11.4 Å². The Labute approximate surface area is 114 Å². The number of para-hydroxylation sites is 1. The number of fused-ring (bicyclic) bond motifs is 1. The van der Waals surface area contributed by atoms with Crippen LogP contribution >= 0.6 is 0 Å². The van der Waals surface area contributed by atoms with E-state index in [1.54, 1.807) is 0 Å². The van der Waals surface area contributed by atoms with Gasteiger partial charge in [-0.3, -0.25) is 0 Å². The molecule has 0 saturated heterocycles. The molecule has 0 unspecified atom stereocenters. The normalized spacial score (nSPS) is 14.3. The van der Waals surface area contributed by atoms with E-state index < -0.39 is 0 Å². The maximum absolute atomic E-state index is 5.92. The van der Waals surface area contributed by atoms with Gasteiger partial charge in [-0.05, 0) is 43.0 Å². The molecule has 0 saturated carbocycles. The summed E-state index contributed by atoms with van der Waals surface area (Å²) in [5.41, 5.74) is 12.5. The third-order valence-electron chi connectivity index (χ3n) is 3.86. The van der Waals surface area contributed by atoms with Crippen LogP contribution < -0.4 is 10.6 Å². The van der Waals surface area contributed by atoms with Crippen molar-refractivity contribution in [2.45, 2.75) is 26.3 Å². The van der Waals surface area contributed by atoms with E-state index in [9.17, 15) is 0 Å². The first kappa shape index (κ1) is 12.2. The predicted octanol–water partition coefficient (Wildman–Crippen LogP) is 3.54. The second-order valence-corrected chi connectivity index (χ2v) is 5.22. The Morgan fingerprint density at radius 2 is 1.95 bits per heavy atom. The van der Waals surface area contributed by atoms with E-state index in [0.29, 0.717) is 6.54 Å². The fourth-order valence-corrected chi connectivity index (χ4v) is 2.92. The lowest BCUT2D eigenvalue weighted by molar-refractivity contribution is 0.763. The molecule has 2 heteroatoms. The second-order valence-electron chi connectivity index (χ2n) is 5.22. The first-order chi connectivity index (χ1) is 9.29. The molecule has 2 aromatic carbocycles. The van der Waals surface area contributed by atoms with Crippen molar-refractivity contribution in [2.24, 2.45) is 5.73 Å². The molecule has 0 aliphatic carbocycles. The van der Waals surface area contributed by atoms with Crippen molar-refractivity contribution in [3.63, 3.8) is 0 Å². The summed E-state index contributed by atoms with van der Waals surface area (Å²) in [5.74, 6) is 0. The molecule has 0 atom stereocenters. The van der Waals surface area contributed by atoms with Crippen LogP contribution in [-0.2, 0) is 13.0 Å². The first-order valence-electron chi connectivity index (χ1n) is 6.94. The third kappa shape index (κ3) is 2.24. The fourth-order valence-electron chi connectivity index (χ4n) is 2.92. The van der Waals surface area contributed by atoms with Crippen LogP contribution in [-0.4, -0.2) is 6.54 Å². The van der Waals surface area contributed by atoms with Gasteiger partial charge in [0.1, 0.15) is 0 Å². The number of hydrogen-bond acceptors (Lipinski definition) is 2. The standard InChI is InChI=1S/C17H20N2/c1-13-8-9-17(15(11-13)12-18)19-10-4-6-14-5-2-3-7-16(14)19/h2-3,5,7-9,11H,4,6,10,12,18H2,1H3. The second kappa shape index (κ2) is 5.06. The minimum absolute atomic E-state index is 0.593. The third-order valence-corrected chi connectivity index (χ3v) is 3.86. The molecule has 1 aliphatic heterocycles. The van der Waals surface area contributed by atoms with Gasteiger partial charge in [-0.2, -0.15) is 0 Å². The van der Waals surface area contributed by atoms with Crippen LogP contribution in [0.1, 0.15) is 23.1 Å². The molecule has 0 fully saturated rings. The highest BCUT2D eigenvalue weighted by molar-refractivity contribution is 5.70. The van der Waals surface area contributed by atoms with Crippen LogP contribution in [0, 0.1) is 6.92 Å². The Bertz CT molecular complexity index is 590. The van der Waals surface area contributed by atoms with E-state index >= 15 is 0 Å². The van der Waals surface area contributed by atoms with Crippen LogP contribution in [0.5, 0.6) is 0 Å². The molecule has 3 rings (SSSR count). The van der Waals surface area contributed by atoms with Crippen molar-refractivity contribution in [3.8, 4) is 0 Å². The van der Waals surface area contributed by atoms with Crippen LogP contribution in [0.25, 0.3) is 0 Å². The van der Waals surface area contributed by atoms with Gasteiger partial charge in [0.05, 0.1) is 0 Å². The van der Waals surface area contributed by atoms with Gasteiger partial charge in [0.15, 0.2) is 0 Å². The van der Waals surface area contributed by atoms with Crippen molar-refractivity contribution in [1.82, 2.24) is 0 Å². The van der Waals surface area contributed by atoms with Gasteiger partial charge in [-0.15, -0.1) is 0 Å². The number of benzene rings is 2. The predicted molar refractivity (Wildman–Crippen MR) is 80.8 cm³/mol. The van der Waals surface area contributed by atoms with E-state index in [0.717, 1.165) is 6.54 Å². The minimum atomic E-state index is 0.593. The summed E-state index contributed by atoms with van der Waals surface area (Å²) in [6, 6.07) is 15.3. The molecular formula is C17H20N2. The summed E-state index contributed by atoms with van der Waals surface area (Å²) < 4.78 is 0. The van der Waals surface area contributed by atoms with Crippen molar-refractivity contribution < 1.29 is 0 Å². The summed E-state index contributed by atoms with van der Waals surface area (Å²) in [6.45, 7) is 3.79. The zero-order chi connectivity index (χ0) is 13.2. The lowest BCUT2D eigenvalue weighted by Crippen LogP contribution is -2.25. The van der Waals surface area contributed by atoms with Gasteiger partial charge in [0, 0.05) is 24.5 Å². The molecule has 0 spiro atoms. The van der Waals surface area contributed by atoms with Gasteiger partial charge in [0.2, 0.25) is 0 Å². The number of aryl methyl sites for hydroxylation is 2. The Hall–Kier alpha value is -1.80. The SMILES string of the molecule is Cc1ccc(N2CCCc3ccccc32)c(CN)c1. The maximum atomic E-state index is 5.92. The number of hydrogen-bond donors (Lipinski definition) is 1. The van der Waals surface area contributed by atoms with Crippen molar-refractivity contribution in [3.05, 3.63) is 59.2 Å². The molecule has 1 aliphatic rings. The topological polar surface area (TPSA) is 29.3 Å². The molecule has 0 radical (unpaired) electrons. The van der Waals surface area contributed by atoms with Crippen LogP contribution in [0.3, 0.4) is 0 Å². The van der Waals surface area contributed by atoms with E-state index in [4.69, 9.17) is 5.73 Å². The zero-order valence-corrected chi connectivity index (χ0v) is 11.4. The molecule has 2 aromatic rings. The molecular weight excluding hydrogens is 232 g/mol. The first-order valence-corrected chi connectivity index (χ1v) is 6.94. The van der Waals surface area contributed by atoms with Crippen molar-refractivity contribution in [1.29, 1.82) is 0 Å². The molecule has 2 N–H and O–H groups in total. The van der Waals surface area contributed by atoms with Crippen LogP contribution in [0.2, 0.25) is 0 Å². The molecule has 98 valence electrons. The Balaban J connectivity index is 2.09. The zero-order valence-electron chi connectivity index (χ0n) is 11.4. The smallest absolute Gasteiger partial charge is 0.0456 e. The quantitative estimate of drug-likeness (QED) is 0.885.